The zero-order chi connectivity index (χ0) is 13.2. The maximum absolute atomic E-state index is 10.9. The van der Waals surface area contributed by atoms with E-state index in [0.717, 1.165) is 5.56 Å². The van der Waals surface area contributed by atoms with Gasteiger partial charge in [-0.15, -0.1) is 0 Å². The van der Waals surface area contributed by atoms with Gasteiger partial charge in [-0.2, -0.15) is 0 Å². The first-order valence-electron chi connectivity index (χ1n) is 5.23. The van der Waals surface area contributed by atoms with Gasteiger partial charge in [-0.05, 0) is 5.56 Å². The predicted molar refractivity (Wildman–Crippen MR) is 71.3 cm³/mol. The molecule has 18 heavy (non-hydrogen) atoms. The number of benzene rings is 1. The van der Waals surface area contributed by atoms with Crippen molar-refractivity contribution in [2.24, 2.45) is 9.98 Å². The number of alkyl halides is 1. The number of ether oxygens (including phenoxy) is 1. The second kappa shape index (κ2) is 5.08. The fraction of sp³-hybridized carbons (Fsp3) is 0.250. The quantitative estimate of drug-likeness (QED) is 0.619. The van der Waals surface area contributed by atoms with E-state index in [2.05, 4.69) is 9.98 Å². The van der Waals surface area contributed by atoms with E-state index in [1.165, 1.54) is 13.1 Å². The van der Waals surface area contributed by atoms with Crippen molar-refractivity contribution < 1.29 is 9.53 Å². The van der Waals surface area contributed by atoms with Crippen molar-refractivity contribution in [3.05, 3.63) is 35.9 Å². The van der Waals surface area contributed by atoms with Crippen LogP contribution in [0.15, 0.2) is 40.3 Å². The molecule has 0 spiro atoms. The van der Waals surface area contributed by atoms with E-state index >= 15 is 0 Å². The summed E-state index contributed by atoms with van der Waals surface area (Å²) in [5.41, 5.74) is 0.883. The van der Waals surface area contributed by atoms with E-state index in [-0.39, 0.29) is 5.17 Å². The van der Waals surface area contributed by atoms with Gasteiger partial charge in [0, 0.05) is 6.92 Å². The lowest BCUT2D eigenvalue weighted by Crippen LogP contribution is -2.38. The summed E-state index contributed by atoms with van der Waals surface area (Å²) >= 11 is 12.0. The van der Waals surface area contributed by atoms with Gasteiger partial charge >= 0.3 is 5.97 Å². The molecule has 0 aliphatic carbocycles. The van der Waals surface area contributed by atoms with E-state index in [1.807, 2.05) is 30.3 Å². The van der Waals surface area contributed by atoms with Crippen LogP contribution in [0.25, 0.3) is 0 Å². The van der Waals surface area contributed by atoms with Gasteiger partial charge in [-0.1, -0.05) is 53.5 Å². The Labute approximate surface area is 114 Å². The number of hydrogen-bond acceptors (Lipinski definition) is 4. The monoisotopic (exact) mass is 284 g/mol. The maximum Gasteiger partial charge on any atom is 0.304 e. The zero-order valence-electron chi connectivity index (χ0n) is 9.51. The second-order valence-corrected chi connectivity index (χ2v) is 4.64. The summed E-state index contributed by atoms with van der Waals surface area (Å²) in [5.74, 6) is -0.553. The van der Waals surface area contributed by atoms with Crippen molar-refractivity contribution in [1.82, 2.24) is 0 Å². The number of aliphatic imine (C=N–C) groups is 2. The van der Waals surface area contributed by atoms with Crippen LogP contribution >= 0.6 is 23.2 Å². The van der Waals surface area contributed by atoms with Gasteiger partial charge in [0.2, 0.25) is 0 Å². The van der Waals surface area contributed by atoms with Crippen LogP contribution in [0, 0.1) is 0 Å². The van der Waals surface area contributed by atoms with Crippen LogP contribution in [0.2, 0.25) is 0 Å². The number of esters is 1. The third kappa shape index (κ3) is 2.71. The minimum atomic E-state index is -1.58. The first kappa shape index (κ1) is 13.1. The minimum Gasteiger partial charge on any atom is -0.431 e. The molecular formula is C12H10Cl2N2O2. The number of halogens is 2. The van der Waals surface area contributed by atoms with Crippen LogP contribution in [-0.4, -0.2) is 22.4 Å². The average molecular weight is 285 g/mol. The summed E-state index contributed by atoms with van der Waals surface area (Å²) in [5, 5.41) is -1.60. The molecule has 2 unspecified atom stereocenters. The fourth-order valence-electron chi connectivity index (χ4n) is 1.51. The summed E-state index contributed by atoms with van der Waals surface area (Å²) in [6.45, 7) is 1.24. The molecule has 0 bridgehead atoms. The van der Waals surface area contributed by atoms with Crippen LogP contribution in [0.5, 0.6) is 0 Å². The molecule has 1 heterocycles. The van der Waals surface area contributed by atoms with Crippen molar-refractivity contribution in [3.8, 4) is 0 Å². The second-order valence-electron chi connectivity index (χ2n) is 3.72. The van der Waals surface area contributed by atoms with E-state index < -0.39 is 17.2 Å². The summed E-state index contributed by atoms with van der Waals surface area (Å²) in [4.78, 5) is 19.2. The van der Waals surface area contributed by atoms with Gasteiger partial charge in [0.15, 0.2) is 11.3 Å². The lowest BCUT2D eigenvalue weighted by Gasteiger charge is -2.25. The maximum atomic E-state index is 10.9. The number of rotatable bonds is 2. The lowest BCUT2D eigenvalue weighted by atomic mass is 10.1. The molecule has 0 aromatic heterocycles. The van der Waals surface area contributed by atoms with Crippen LogP contribution in [0.3, 0.4) is 0 Å². The summed E-state index contributed by atoms with van der Waals surface area (Å²) in [7, 11) is 0. The molecule has 2 rings (SSSR count). The molecule has 0 saturated carbocycles. The molecule has 1 aromatic carbocycles. The molecule has 94 valence electrons. The highest BCUT2D eigenvalue weighted by molar-refractivity contribution is 6.75. The van der Waals surface area contributed by atoms with Gasteiger partial charge < -0.3 is 4.74 Å². The molecule has 2 atom stereocenters. The third-order valence-electron chi connectivity index (χ3n) is 2.29. The normalized spacial score (nSPS) is 26.6. The van der Waals surface area contributed by atoms with Crippen molar-refractivity contribution in [1.29, 1.82) is 0 Å². The summed E-state index contributed by atoms with van der Waals surface area (Å²) < 4.78 is 4.89. The Morgan fingerprint density at radius 1 is 1.39 bits per heavy atom. The molecule has 0 saturated heterocycles. The molecule has 1 aliphatic heterocycles. The molecule has 1 aromatic rings. The Kier molecular flexibility index (Phi) is 3.68. The van der Waals surface area contributed by atoms with Gasteiger partial charge in [0.05, 0.1) is 6.21 Å². The average Bonchev–Trinajstić information content (AvgIpc) is 2.33. The number of carbonyl (C=O) groups excluding carboxylic acids is 1. The van der Waals surface area contributed by atoms with Crippen molar-refractivity contribution in [3.63, 3.8) is 0 Å². The minimum absolute atomic E-state index is 0.0109. The highest BCUT2D eigenvalue weighted by atomic mass is 35.5. The molecule has 4 nitrogen and oxygen atoms in total. The van der Waals surface area contributed by atoms with Gasteiger partial charge in [-0.25, -0.2) is 4.99 Å². The van der Waals surface area contributed by atoms with E-state index in [0.29, 0.717) is 0 Å². The number of carbonyl (C=O) groups is 1. The first-order valence-corrected chi connectivity index (χ1v) is 5.98. The highest BCUT2D eigenvalue weighted by Gasteiger charge is 2.38. The smallest absolute Gasteiger partial charge is 0.304 e. The van der Waals surface area contributed by atoms with Crippen molar-refractivity contribution >= 4 is 40.6 Å². The number of nitrogens with zero attached hydrogens (tertiary/aromatic N) is 2. The lowest BCUT2D eigenvalue weighted by molar-refractivity contribution is -0.142. The van der Waals surface area contributed by atoms with E-state index in [4.69, 9.17) is 27.9 Å². The molecule has 0 amide bonds. The van der Waals surface area contributed by atoms with Crippen molar-refractivity contribution in [2.45, 2.75) is 18.1 Å². The Hall–Kier alpha value is -1.39. The Morgan fingerprint density at radius 2 is 2.06 bits per heavy atom. The molecule has 6 heteroatoms. The predicted octanol–water partition coefficient (Wildman–Crippen LogP) is 2.91. The number of hydrogen-bond donors (Lipinski definition) is 0. The Morgan fingerprint density at radius 3 is 2.61 bits per heavy atom. The van der Waals surface area contributed by atoms with Crippen LogP contribution in [0.4, 0.5) is 0 Å². The molecule has 0 fully saturated rings. The van der Waals surface area contributed by atoms with Gasteiger partial charge in [-0.3, -0.25) is 9.79 Å². The molecule has 0 radical (unpaired) electrons. The highest BCUT2D eigenvalue weighted by Crippen LogP contribution is 2.30. The summed E-state index contributed by atoms with van der Waals surface area (Å²) in [6.07, 6.45) is 0.837. The summed E-state index contributed by atoms with van der Waals surface area (Å²) in [6, 6.07) is 9.41. The topological polar surface area (TPSA) is 51.0 Å². The SMILES string of the molecule is CC(=O)OC1(Cl)C=NC(c2ccccc2)N=C1Cl. The van der Waals surface area contributed by atoms with Gasteiger partial charge in [0.1, 0.15) is 0 Å². The van der Waals surface area contributed by atoms with E-state index in [1.54, 1.807) is 0 Å². The van der Waals surface area contributed by atoms with Crippen LogP contribution in [-0.2, 0) is 9.53 Å². The molecule has 1 aliphatic rings. The first-order chi connectivity index (χ1) is 8.51. The van der Waals surface area contributed by atoms with Crippen molar-refractivity contribution in [2.75, 3.05) is 0 Å². The molecular weight excluding hydrogens is 275 g/mol. The zero-order valence-corrected chi connectivity index (χ0v) is 11.0. The van der Waals surface area contributed by atoms with Crippen LogP contribution in [0.1, 0.15) is 18.7 Å². The standard InChI is InChI=1S/C12H10Cl2N2O2/c1-8(17)18-12(14)7-15-10(16-11(12)13)9-5-3-2-4-6-9/h2-7,10H,1H3. The Balaban J connectivity index is 2.24. The molecule has 0 N–H and O–H groups in total. The van der Waals surface area contributed by atoms with Crippen LogP contribution < -0.4 is 0 Å². The largest absolute Gasteiger partial charge is 0.431 e. The van der Waals surface area contributed by atoms with E-state index in [9.17, 15) is 4.79 Å². The fourth-order valence-corrected chi connectivity index (χ4v) is 1.91. The Bertz CT molecular complexity index is 516. The third-order valence-corrected chi connectivity index (χ3v) is 3.12. The van der Waals surface area contributed by atoms with Gasteiger partial charge in [0.25, 0.3) is 5.06 Å².